The third kappa shape index (κ3) is 3.67. The zero-order valence-corrected chi connectivity index (χ0v) is 9.65. The second-order valence-corrected chi connectivity index (χ2v) is 3.07. The lowest BCUT2D eigenvalue weighted by Crippen LogP contribution is -2.30. The Labute approximate surface area is 98.9 Å². The van der Waals surface area contributed by atoms with Crippen LogP contribution in [0.1, 0.15) is 0 Å². The van der Waals surface area contributed by atoms with Crippen molar-refractivity contribution in [2.75, 3.05) is 26.1 Å². The van der Waals surface area contributed by atoms with Crippen LogP contribution in [0.25, 0.3) is 0 Å². The Bertz CT molecular complexity index is 406. The summed E-state index contributed by atoms with van der Waals surface area (Å²) in [6, 6.07) is 4.51. The molecule has 0 fully saturated rings. The number of benzene rings is 1. The smallest absolute Gasteiger partial charge is 0.319 e. The van der Waals surface area contributed by atoms with Crippen LogP contribution in [0.15, 0.2) is 18.2 Å². The minimum atomic E-state index is -0.454. The van der Waals surface area contributed by atoms with Crippen LogP contribution in [-0.2, 0) is 4.79 Å². The molecule has 1 aromatic carbocycles. The zero-order chi connectivity index (χ0) is 12.7. The molecule has 0 aromatic heterocycles. The number of carbonyl (C=O) groups excluding carboxylic acids is 2. The third-order valence-electron chi connectivity index (χ3n) is 1.99. The normalized spacial score (nSPS) is 9.29. The number of methoxy groups -OCH3 is 2. The monoisotopic (exact) mass is 238 g/mol. The molecule has 0 radical (unpaired) electrons. The van der Waals surface area contributed by atoms with Gasteiger partial charge in [-0.25, -0.2) is 4.79 Å². The number of hydrogen-bond donors (Lipinski definition) is 2. The van der Waals surface area contributed by atoms with Gasteiger partial charge in [-0.2, -0.15) is 0 Å². The van der Waals surface area contributed by atoms with Crippen molar-refractivity contribution in [3.05, 3.63) is 18.2 Å². The van der Waals surface area contributed by atoms with Crippen molar-refractivity contribution in [3.63, 3.8) is 0 Å². The number of aldehydes is 1. The highest BCUT2D eigenvalue weighted by Gasteiger charge is 2.06. The van der Waals surface area contributed by atoms with Gasteiger partial charge in [0.1, 0.15) is 6.29 Å². The first-order chi connectivity index (χ1) is 8.21. The second-order valence-electron chi connectivity index (χ2n) is 3.07. The zero-order valence-electron chi connectivity index (χ0n) is 9.65. The standard InChI is InChI=1S/C11H14N2O4/c1-16-9-4-3-8(7-10(9)17-2)13-11(15)12-5-6-14/h3-4,6-7H,5H2,1-2H3,(H2,12,13,15). The van der Waals surface area contributed by atoms with Gasteiger partial charge in [0.2, 0.25) is 0 Å². The first-order valence-electron chi connectivity index (χ1n) is 4.91. The molecule has 0 bridgehead atoms. The van der Waals surface area contributed by atoms with Crippen LogP contribution in [-0.4, -0.2) is 33.1 Å². The van der Waals surface area contributed by atoms with E-state index in [4.69, 9.17) is 9.47 Å². The quantitative estimate of drug-likeness (QED) is 0.751. The van der Waals surface area contributed by atoms with E-state index in [0.29, 0.717) is 23.5 Å². The SMILES string of the molecule is COc1ccc(NC(=O)NCC=O)cc1OC. The van der Waals surface area contributed by atoms with Gasteiger partial charge in [0, 0.05) is 11.8 Å². The Morgan fingerprint density at radius 1 is 1.29 bits per heavy atom. The fraction of sp³-hybridized carbons (Fsp3) is 0.273. The number of rotatable bonds is 5. The van der Waals surface area contributed by atoms with Crippen LogP contribution in [0.5, 0.6) is 11.5 Å². The predicted molar refractivity (Wildman–Crippen MR) is 62.6 cm³/mol. The highest BCUT2D eigenvalue weighted by atomic mass is 16.5. The molecule has 6 heteroatoms. The number of nitrogens with one attached hydrogen (secondary N) is 2. The Kier molecular flexibility index (Phi) is 4.80. The van der Waals surface area contributed by atoms with Crippen LogP contribution in [0.3, 0.4) is 0 Å². The summed E-state index contributed by atoms with van der Waals surface area (Å²) in [5.41, 5.74) is 0.547. The Morgan fingerprint density at radius 3 is 2.59 bits per heavy atom. The minimum Gasteiger partial charge on any atom is -0.493 e. The molecule has 0 aliphatic rings. The Hall–Kier alpha value is -2.24. The van der Waals surface area contributed by atoms with E-state index in [0.717, 1.165) is 0 Å². The molecule has 0 unspecified atom stereocenters. The lowest BCUT2D eigenvalue weighted by Gasteiger charge is -2.10. The summed E-state index contributed by atoms with van der Waals surface area (Å²) in [4.78, 5) is 21.3. The highest BCUT2D eigenvalue weighted by molar-refractivity contribution is 5.90. The summed E-state index contributed by atoms with van der Waals surface area (Å²) in [6.07, 6.45) is 0.605. The first kappa shape index (κ1) is 12.8. The molecule has 1 rings (SSSR count). The van der Waals surface area contributed by atoms with E-state index < -0.39 is 6.03 Å². The summed E-state index contributed by atoms with van der Waals surface area (Å²) in [5.74, 6) is 1.09. The molecule has 2 amide bonds. The van der Waals surface area contributed by atoms with Crippen LogP contribution in [0.4, 0.5) is 10.5 Å². The molecule has 0 saturated heterocycles. The van der Waals surface area contributed by atoms with E-state index in [9.17, 15) is 9.59 Å². The molecule has 0 aliphatic heterocycles. The van der Waals surface area contributed by atoms with Crippen molar-refractivity contribution in [3.8, 4) is 11.5 Å². The molecule has 2 N–H and O–H groups in total. The maximum Gasteiger partial charge on any atom is 0.319 e. The fourth-order valence-electron chi connectivity index (χ4n) is 1.22. The van der Waals surface area contributed by atoms with E-state index in [-0.39, 0.29) is 6.54 Å². The van der Waals surface area contributed by atoms with Crippen molar-refractivity contribution >= 4 is 18.0 Å². The van der Waals surface area contributed by atoms with Crippen LogP contribution >= 0.6 is 0 Å². The molecule has 6 nitrogen and oxygen atoms in total. The van der Waals surface area contributed by atoms with Crippen LogP contribution in [0.2, 0.25) is 0 Å². The fourth-order valence-corrected chi connectivity index (χ4v) is 1.22. The number of amides is 2. The molecular weight excluding hydrogens is 224 g/mol. The van der Waals surface area contributed by atoms with Gasteiger partial charge in [0.05, 0.1) is 20.8 Å². The molecule has 17 heavy (non-hydrogen) atoms. The van der Waals surface area contributed by atoms with Crippen molar-refractivity contribution < 1.29 is 19.1 Å². The summed E-state index contributed by atoms with van der Waals surface area (Å²) < 4.78 is 10.1. The maximum absolute atomic E-state index is 11.3. The largest absolute Gasteiger partial charge is 0.493 e. The number of ether oxygens (including phenoxy) is 2. The Morgan fingerprint density at radius 2 is 2.00 bits per heavy atom. The first-order valence-corrected chi connectivity index (χ1v) is 4.91. The van der Waals surface area contributed by atoms with E-state index in [1.807, 2.05) is 0 Å². The number of carbonyl (C=O) groups is 2. The van der Waals surface area contributed by atoms with E-state index in [1.165, 1.54) is 14.2 Å². The molecule has 0 atom stereocenters. The second kappa shape index (κ2) is 6.37. The molecule has 1 aromatic rings. The summed E-state index contributed by atoms with van der Waals surface area (Å²) in [7, 11) is 3.04. The molecule has 0 aliphatic carbocycles. The van der Waals surface area contributed by atoms with Crippen molar-refractivity contribution in [1.29, 1.82) is 0 Å². The lowest BCUT2D eigenvalue weighted by atomic mass is 10.3. The molecular formula is C11H14N2O4. The molecule has 0 saturated carbocycles. The van der Waals surface area contributed by atoms with E-state index >= 15 is 0 Å². The van der Waals surface area contributed by atoms with Gasteiger partial charge in [-0.3, -0.25) is 0 Å². The van der Waals surface area contributed by atoms with Crippen molar-refractivity contribution in [2.24, 2.45) is 0 Å². The van der Waals surface area contributed by atoms with Gasteiger partial charge < -0.3 is 24.9 Å². The van der Waals surface area contributed by atoms with Gasteiger partial charge in [-0.15, -0.1) is 0 Å². The average molecular weight is 238 g/mol. The van der Waals surface area contributed by atoms with Gasteiger partial charge in [0.25, 0.3) is 0 Å². The van der Waals surface area contributed by atoms with Gasteiger partial charge in [-0.05, 0) is 12.1 Å². The molecule has 0 heterocycles. The maximum atomic E-state index is 11.3. The van der Waals surface area contributed by atoms with Crippen LogP contribution in [0, 0.1) is 0 Å². The summed E-state index contributed by atoms with van der Waals surface area (Å²) in [5, 5.41) is 4.91. The Balaban J connectivity index is 2.71. The minimum absolute atomic E-state index is 0.0286. The van der Waals surface area contributed by atoms with Crippen LogP contribution < -0.4 is 20.1 Å². The van der Waals surface area contributed by atoms with E-state index in [1.54, 1.807) is 18.2 Å². The van der Waals surface area contributed by atoms with E-state index in [2.05, 4.69) is 10.6 Å². The number of hydrogen-bond acceptors (Lipinski definition) is 4. The van der Waals surface area contributed by atoms with Gasteiger partial charge >= 0.3 is 6.03 Å². The van der Waals surface area contributed by atoms with Crippen molar-refractivity contribution in [1.82, 2.24) is 5.32 Å². The number of anilines is 1. The third-order valence-corrected chi connectivity index (χ3v) is 1.99. The molecule has 0 spiro atoms. The van der Waals surface area contributed by atoms with Gasteiger partial charge in [0.15, 0.2) is 11.5 Å². The topological polar surface area (TPSA) is 76.7 Å². The summed E-state index contributed by atoms with van der Waals surface area (Å²) >= 11 is 0. The van der Waals surface area contributed by atoms with Crippen molar-refractivity contribution in [2.45, 2.75) is 0 Å². The number of urea groups is 1. The highest BCUT2D eigenvalue weighted by Crippen LogP contribution is 2.29. The lowest BCUT2D eigenvalue weighted by molar-refractivity contribution is -0.107. The average Bonchev–Trinajstić information content (AvgIpc) is 2.36. The van der Waals surface area contributed by atoms with Gasteiger partial charge in [-0.1, -0.05) is 0 Å². The summed E-state index contributed by atoms with van der Waals surface area (Å²) in [6.45, 7) is -0.0286. The predicted octanol–water partition coefficient (Wildman–Crippen LogP) is 1.02. The molecule has 92 valence electrons.